The van der Waals surface area contributed by atoms with Crippen LogP contribution in [0.25, 0.3) is 0 Å². The summed E-state index contributed by atoms with van der Waals surface area (Å²) in [5.41, 5.74) is 1.22. The minimum absolute atomic E-state index is 0.138. The maximum absolute atomic E-state index is 12.2. The number of fused-ring (bicyclic) bond motifs is 1. The zero-order chi connectivity index (χ0) is 13.8. The molecule has 1 amide bonds. The Morgan fingerprint density at radius 2 is 2.25 bits per heavy atom. The lowest BCUT2D eigenvalue weighted by atomic mass is 9.92. The zero-order valence-corrected chi connectivity index (χ0v) is 11.7. The minimum Gasteiger partial charge on any atom is -0.493 e. The number of carbonyl (C=O) groups is 1. The van der Waals surface area contributed by atoms with Crippen LogP contribution in [0, 0.1) is 5.92 Å². The molecule has 1 saturated heterocycles. The number of para-hydroxylation sites is 1. The van der Waals surface area contributed by atoms with Crippen LogP contribution in [0.4, 0.5) is 0 Å². The van der Waals surface area contributed by atoms with Crippen molar-refractivity contribution >= 4 is 5.91 Å². The van der Waals surface area contributed by atoms with Crippen LogP contribution < -0.4 is 15.4 Å². The van der Waals surface area contributed by atoms with E-state index in [1.807, 2.05) is 18.2 Å². The quantitative estimate of drug-likeness (QED) is 0.881. The molecule has 1 fully saturated rings. The molecule has 4 nitrogen and oxygen atoms in total. The molecule has 2 N–H and O–H groups in total. The molecule has 2 unspecified atom stereocenters. The van der Waals surface area contributed by atoms with Crippen molar-refractivity contribution in [2.45, 2.75) is 25.2 Å². The van der Waals surface area contributed by atoms with Gasteiger partial charge in [-0.1, -0.05) is 18.2 Å². The normalized spacial score (nSPS) is 25.4. The lowest BCUT2D eigenvalue weighted by Gasteiger charge is -2.27. The molecular weight excluding hydrogens is 252 g/mol. The van der Waals surface area contributed by atoms with E-state index in [1.165, 1.54) is 5.56 Å². The van der Waals surface area contributed by atoms with Crippen LogP contribution in [0.5, 0.6) is 5.75 Å². The van der Waals surface area contributed by atoms with Gasteiger partial charge in [-0.2, -0.15) is 0 Å². The first-order valence-electron chi connectivity index (χ1n) is 7.55. The molecule has 0 spiro atoms. The third-order valence-corrected chi connectivity index (χ3v) is 4.27. The van der Waals surface area contributed by atoms with Crippen molar-refractivity contribution in [3.63, 3.8) is 0 Å². The van der Waals surface area contributed by atoms with Crippen molar-refractivity contribution < 1.29 is 9.53 Å². The number of nitrogens with one attached hydrogen (secondary N) is 2. The summed E-state index contributed by atoms with van der Waals surface area (Å²) in [6.07, 6.45) is 3.07. The molecule has 0 saturated carbocycles. The second-order valence-corrected chi connectivity index (χ2v) is 5.66. The lowest BCUT2D eigenvalue weighted by Crippen LogP contribution is -2.42. The third-order valence-electron chi connectivity index (χ3n) is 4.27. The molecule has 2 aliphatic heterocycles. The van der Waals surface area contributed by atoms with Gasteiger partial charge in [-0.25, -0.2) is 0 Å². The smallest absolute Gasteiger partial charge is 0.224 e. The second-order valence-electron chi connectivity index (χ2n) is 5.66. The summed E-state index contributed by atoms with van der Waals surface area (Å²) < 4.78 is 5.65. The first-order chi connectivity index (χ1) is 9.84. The average Bonchev–Trinajstić information content (AvgIpc) is 2.53. The number of rotatable bonds is 3. The van der Waals surface area contributed by atoms with Crippen molar-refractivity contribution in [2.24, 2.45) is 5.92 Å². The highest BCUT2D eigenvalue weighted by Gasteiger charge is 2.24. The first-order valence-corrected chi connectivity index (χ1v) is 7.55. The van der Waals surface area contributed by atoms with E-state index in [-0.39, 0.29) is 11.8 Å². The molecule has 2 heterocycles. The molecular formula is C16H22N2O2. The Hall–Kier alpha value is -1.55. The number of benzene rings is 1. The number of carbonyl (C=O) groups excluding carboxylic acids is 1. The molecule has 20 heavy (non-hydrogen) atoms. The van der Waals surface area contributed by atoms with Gasteiger partial charge in [-0.05, 0) is 37.4 Å². The summed E-state index contributed by atoms with van der Waals surface area (Å²) in [6, 6.07) is 8.14. The van der Waals surface area contributed by atoms with Crippen molar-refractivity contribution in [3.05, 3.63) is 29.8 Å². The fourth-order valence-electron chi connectivity index (χ4n) is 3.07. The molecule has 0 aliphatic carbocycles. The second kappa shape index (κ2) is 6.27. The van der Waals surface area contributed by atoms with Gasteiger partial charge in [0.15, 0.2) is 0 Å². The Morgan fingerprint density at radius 1 is 1.35 bits per heavy atom. The number of hydrogen-bond donors (Lipinski definition) is 2. The van der Waals surface area contributed by atoms with Crippen LogP contribution in [-0.2, 0) is 4.79 Å². The molecule has 0 radical (unpaired) electrons. The lowest BCUT2D eigenvalue weighted by molar-refractivity contribution is -0.125. The summed E-state index contributed by atoms with van der Waals surface area (Å²) in [5.74, 6) is 1.68. The highest BCUT2D eigenvalue weighted by Crippen LogP contribution is 2.32. The third kappa shape index (κ3) is 2.96. The molecule has 2 atom stereocenters. The van der Waals surface area contributed by atoms with E-state index in [0.717, 1.165) is 51.3 Å². The molecule has 0 aromatic heterocycles. The number of piperidine rings is 1. The fourth-order valence-corrected chi connectivity index (χ4v) is 3.07. The Kier molecular flexibility index (Phi) is 4.21. The van der Waals surface area contributed by atoms with Gasteiger partial charge >= 0.3 is 0 Å². The van der Waals surface area contributed by atoms with E-state index in [0.29, 0.717) is 5.92 Å². The Bertz CT molecular complexity index is 469. The fraction of sp³-hybridized carbons (Fsp3) is 0.562. The molecule has 0 bridgehead atoms. The maximum Gasteiger partial charge on any atom is 0.224 e. The monoisotopic (exact) mass is 274 g/mol. The molecule has 4 heteroatoms. The van der Waals surface area contributed by atoms with Gasteiger partial charge in [0.2, 0.25) is 5.91 Å². The van der Waals surface area contributed by atoms with Gasteiger partial charge in [-0.15, -0.1) is 0 Å². The number of amides is 1. The minimum atomic E-state index is 0.138. The summed E-state index contributed by atoms with van der Waals surface area (Å²) in [7, 11) is 0. The maximum atomic E-state index is 12.2. The van der Waals surface area contributed by atoms with Gasteiger partial charge in [0.1, 0.15) is 5.75 Å². The summed E-state index contributed by atoms with van der Waals surface area (Å²) in [6.45, 7) is 3.31. The van der Waals surface area contributed by atoms with Gasteiger partial charge in [0.05, 0.1) is 12.5 Å². The van der Waals surface area contributed by atoms with Gasteiger partial charge < -0.3 is 15.4 Å². The Morgan fingerprint density at radius 3 is 3.10 bits per heavy atom. The molecule has 3 rings (SSSR count). The summed E-state index contributed by atoms with van der Waals surface area (Å²) in [4.78, 5) is 12.2. The van der Waals surface area contributed by atoms with Crippen molar-refractivity contribution in [2.75, 3.05) is 26.2 Å². The van der Waals surface area contributed by atoms with Crippen LogP contribution in [0.15, 0.2) is 24.3 Å². The van der Waals surface area contributed by atoms with Gasteiger partial charge in [0, 0.05) is 19.0 Å². The highest BCUT2D eigenvalue weighted by atomic mass is 16.5. The van der Waals surface area contributed by atoms with E-state index in [4.69, 9.17) is 4.74 Å². The molecule has 2 aliphatic rings. The van der Waals surface area contributed by atoms with E-state index in [2.05, 4.69) is 16.7 Å². The van der Waals surface area contributed by atoms with Crippen LogP contribution in [0.1, 0.15) is 30.7 Å². The highest BCUT2D eigenvalue weighted by molar-refractivity contribution is 5.79. The summed E-state index contributed by atoms with van der Waals surface area (Å²) >= 11 is 0. The molecule has 108 valence electrons. The SMILES string of the molecule is O=C(NCC1CCOc2ccccc21)C1CCCNC1. The average molecular weight is 274 g/mol. The topological polar surface area (TPSA) is 50.4 Å². The van der Waals surface area contributed by atoms with E-state index in [9.17, 15) is 4.79 Å². The predicted octanol–water partition coefficient (Wildman–Crippen LogP) is 1.67. The van der Waals surface area contributed by atoms with Crippen LogP contribution in [0.3, 0.4) is 0 Å². The largest absolute Gasteiger partial charge is 0.493 e. The van der Waals surface area contributed by atoms with E-state index in [1.54, 1.807) is 0 Å². The summed E-state index contributed by atoms with van der Waals surface area (Å²) in [5, 5.41) is 6.42. The number of hydrogen-bond acceptors (Lipinski definition) is 3. The van der Waals surface area contributed by atoms with Crippen molar-refractivity contribution in [1.29, 1.82) is 0 Å². The standard InChI is InChI=1S/C16H22N2O2/c19-16(13-4-3-8-17-10-13)18-11-12-7-9-20-15-6-2-1-5-14(12)15/h1-2,5-6,12-13,17H,3-4,7-11H2,(H,18,19). The van der Waals surface area contributed by atoms with Gasteiger partial charge in [-0.3, -0.25) is 4.79 Å². The van der Waals surface area contributed by atoms with Crippen LogP contribution in [0.2, 0.25) is 0 Å². The predicted molar refractivity (Wildman–Crippen MR) is 77.9 cm³/mol. The van der Waals surface area contributed by atoms with E-state index < -0.39 is 0 Å². The van der Waals surface area contributed by atoms with Crippen molar-refractivity contribution in [3.8, 4) is 5.75 Å². The molecule has 1 aromatic rings. The van der Waals surface area contributed by atoms with Crippen molar-refractivity contribution in [1.82, 2.24) is 10.6 Å². The zero-order valence-electron chi connectivity index (χ0n) is 11.7. The van der Waals surface area contributed by atoms with E-state index >= 15 is 0 Å². The van der Waals surface area contributed by atoms with Crippen LogP contribution in [-0.4, -0.2) is 32.1 Å². The number of ether oxygens (including phenoxy) is 1. The van der Waals surface area contributed by atoms with Crippen LogP contribution >= 0.6 is 0 Å². The Labute approximate surface area is 119 Å². The first kappa shape index (κ1) is 13.4. The van der Waals surface area contributed by atoms with Gasteiger partial charge in [0.25, 0.3) is 0 Å². The molecule has 1 aromatic carbocycles. The Balaban J connectivity index is 1.57.